The highest BCUT2D eigenvalue weighted by atomic mass is 16.2. The minimum absolute atomic E-state index is 0.139. The summed E-state index contributed by atoms with van der Waals surface area (Å²) >= 11 is 0. The maximum Gasteiger partial charge on any atom is 0.224 e. The molecule has 2 heterocycles. The van der Waals surface area contributed by atoms with Crippen molar-refractivity contribution in [2.45, 2.75) is 52.6 Å². The largest absolute Gasteiger partial charge is 0.368 e. The minimum Gasteiger partial charge on any atom is -0.368 e. The Kier molecular flexibility index (Phi) is 5.14. The smallest absolute Gasteiger partial charge is 0.224 e. The van der Waals surface area contributed by atoms with E-state index < -0.39 is 0 Å². The van der Waals surface area contributed by atoms with Crippen LogP contribution in [-0.4, -0.2) is 49.1 Å². The molecule has 1 aromatic rings. The summed E-state index contributed by atoms with van der Waals surface area (Å²) in [6.07, 6.45) is 2.56. The predicted octanol–water partition coefficient (Wildman–Crippen LogP) is 3.37. The molecule has 1 aromatic carbocycles. The van der Waals surface area contributed by atoms with E-state index in [1.54, 1.807) is 6.92 Å². The molecular weight excluding hydrogens is 298 g/mol. The quantitative estimate of drug-likeness (QED) is 0.851. The van der Waals surface area contributed by atoms with E-state index in [1.165, 1.54) is 31.6 Å². The van der Waals surface area contributed by atoms with Crippen molar-refractivity contribution >= 4 is 17.3 Å². The molecule has 3 rings (SSSR count). The Morgan fingerprint density at radius 1 is 1.17 bits per heavy atom. The second kappa shape index (κ2) is 7.14. The van der Waals surface area contributed by atoms with E-state index in [-0.39, 0.29) is 11.9 Å². The molecule has 0 spiro atoms. The number of piperidine rings is 1. The monoisotopic (exact) mass is 329 g/mol. The van der Waals surface area contributed by atoms with Gasteiger partial charge in [0, 0.05) is 26.1 Å². The summed E-state index contributed by atoms with van der Waals surface area (Å²) in [6.45, 7) is 12.9. The number of amides is 1. The molecule has 1 saturated heterocycles. The molecule has 0 bridgehead atoms. The van der Waals surface area contributed by atoms with Crippen LogP contribution >= 0.6 is 0 Å². The van der Waals surface area contributed by atoms with Gasteiger partial charge in [0.05, 0.1) is 17.4 Å². The van der Waals surface area contributed by atoms with Crippen molar-refractivity contribution in [3.63, 3.8) is 0 Å². The number of hydrogen-bond donors (Lipinski definition) is 0. The van der Waals surface area contributed by atoms with Gasteiger partial charge in [-0.25, -0.2) is 0 Å². The number of para-hydroxylation sites is 2. The van der Waals surface area contributed by atoms with Gasteiger partial charge in [0.15, 0.2) is 0 Å². The van der Waals surface area contributed by atoms with Crippen LogP contribution in [0.5, 0.6) is 0 Å². The van der Waals surface area contributed by atoms with Gasteiger partial charge in [0.1, 0.15) is 0 Å². The topological polar surface area (TPSA) is 26.8 Å². The van der Waals surface area contributed by atoms with Crippen LogP contribution in [0.1, 0.15) is 40.5 Å². The third-order valence-electron chi connectivity index (χ3n) is 5.60. The van der Waals surface area contributed by atoms with Crippen molar-refractivity contribution in [1.82, 2.24) is 4.90 Å². The van der Waals surface area contributed by atoms with Crippen molar-refractivity contribution in [3.05, 3.63) is 24.3 Å². The second-order valence-corrected chi connectivity index (χ2v) is 7.70. The van der Waals surface area contributed by atoms with Crippen molar-refractivity contribution in [1.29, 1.82) is 0 Å². The minimum atomic E-state index is 0.139. The highest BCUT2D eigenvalue weighted by Crippen LogP contribution is 2.36. The van der Waals surface area contributed by atoms with Crippen LogP contribution < -0.4 is 9.80 Å². The maximum atomic E-state index is 12.1. The molecule has 1 atom stereocenters. The zero-order valence-corrected chi connectivity index (χ0v) is 15.5. The molecule has 0 saturated carbocycles. The summed E-state index contributed by atoms with van der Waals surface area (Å²) in [7, 11) is 0. The van der Waals surface area contributed by atoms with Crippen LogP contribution in [0.2, 0.25) is 0 Å². The molecule has 2 aliphatic rings. The van der Waals surface area contributed by atoms with Gasteiger partial charge >= 0.3 is 0 Å². The molecule has 2 aliphatic heterocycles. The van der Waals surface area contributed by atoms with Gasteiger partial charge in [-0.1, -0.05) is 12.1 Å². The number of fused-ring (bicyclic) bond motifs is 1. The summed E-state index contributed by atoms with van der Waals surface area (Å²) in [6, 6.07) is 9.26. The second-order valence-electron chi connectivity index (χ2n) is 7.70. The molecule has 0 radical (unpaired) electrons. The van der Waals surface area contributed by atoms with Gasteiger partial charge in [-0.2, -0.15) is 0 Å². The van der Waals surface area contributed by atoms with E-state index in [1.807, 2.05) is 11.0 Å². The van der Waals surface area contributed by atoms with Crippen molar-refractivity contribution in [3.8, 4) is 0 Å². The van der Waals surface area contributed by atoms with Gasteiger partial charge in [-0.05, 0) is 64.8 Å². The summed E-state index contributed by atoms with van der Waals surface area (Å²) in [5, 5.41) is 0. The van der Waals surface area contributed by atoms with Gasteiger partial charge in [0.25, 0.3) is 0 Å². The molecule has 1 unspecified atom stereocenters. The number of benzene rings is 1. The lowest BCUT2D eigenvalue weighted by Gasteiger charge is -2.44. The van der Waals surface area contributed by atoms with Gasteiger partial charge in [-0.15, -0.1) is 0 Å². The fraction of sp³-hybridized carbons (Fsp3) is 0.650. The van der Waals surface area contributed by atoms with Gasteiger partial charge < -0.3 is 14.7 Å². The first-order chi connectivity index (χ1) is 11.5. The van der Waals surface area contributed by atoms with Crippen LogP contribution in [0.25, 0.3) is 0 Å². The van der Waals surface area contributed by atoms with Gasteiger partial charge in [0.2, 0.25) is 5.91 Å². The average molecular weight is 329 g/mol. The van der Waals surface area contributed by atoms with E-state index in [4.69, 9.17) is 0 Å². The number of carbonyl (C=O) groups excluding carboxylic acids is 1. The van der Waals surface area contributed by atoms with Gasteiger partial charge in [-0.3, -0.25) is 4.79 Å². The molecule has 132 valence electrons. The number of hydrogen-bond acceptors (Lipinski definition) is 3. The van der Waals surface area contributed by atoms with Crippen molar-refractivity contribution in [2.75, 3.05) is 36.0 Å². The predicted molar refractivity (Wildman–Crippen MR) is 101 cm³/mol. The fourth-order valence-electron chi connectivity index (χ4n) is 4.29. The van der Waals surface area contributed by atoms with Crippen molar-refractivity contribution in [2.24, 2.45) is 5.92 Å². The number of anilines is 2. The lowest BCUT2D eigenvalue weighted by Crippen LogP contribution is -2.51. The molecule has 0 aromatic heterocycles. The average Bonchev–Trinajstić information content (AvgIpc) is 2.55. The number of likely N-dealkylation sites (tertiary alicyclic amines) is 1. The highest BCUT2D eigenvalue weighted by molar-refractivity contribution is 5.97. The number of nitrogens with zero attached hydrogens (tertiary/aromatic N) is 3. The van der Waals surface area contributed by atoms with E-state index in [9.17, 15) is 4.79 Å². The Morgan fingerprint density at radius 2 is 1.79 bits per heavy atom. The molecular formula is C20H31N3O. The molecule has 1 fully saturated rings. The van der Waals surface area contributed by atoms with Crippen molar-refractivity contribution < 1.29 is 4.79 Å². The Balaban J connectivity index is 1.73. The number of rotatable bonds is 3. The van der Waals surface area contributed by atoms with E-state index >= 15 is 0 Å². The normalized spacial score (nSPS) is 22.8. The first-order valence-electron chi connectivity index (χ1n) is 9.35. The fourth-order valence-corrected chi connectivity index (χ4v) is 4.29. The third kappa shape index (κ3) is 3.44. The molecule has 4 heteroatoms. The lowest BCUT2D eigenvalue weighted by atomic mass is 9.94. The zero-order valence-electron chi connectivity index (χ0n) is 15.5. The Morgan fingerprint density at radius 3 is 2.38 bits per heavy atom. The molecule has 0 N–H and O–H groups in total. The first kappa shape index (κ1) is 17.3. The van der Waals surface area contributed by atoms with Crippen LogP contribution in [0.4, 0.5) is 11.4 Å². The summed E-state index contributed by atoms with van der Waals surface area (Å²) < 4.78 is 0. The third-order valence-corrected chi connectivity index (χ3v) is 5.60. The number of carbonyl (C=O) groups is 1. The summed E-state index contributed by atoms with van der Waals surface area (Å²) in [5.74, 6) is 0.893. The van der Waals surface area contributed by atoms with E-state index in [2.05, 4.69) is 48.8 Å². The Labute approximate surface area is 146 Å². The SMILES string of the molecule is CC(=O)N1c2ccccc2N(CC2CCN(C(C)C)CC2)CC1C. The lowest BCUT2D eigenvalue weighted by molar-refractivity contribution is -0.117. The molecule has 1 amide bonds. The Bertz CT molecular complexity index is 578. The highest BCUT2D eigenvalue weighted by Gasteiger charge is 2.32. The van der Waals surface area contributed by atoms with Crippen LogP contribution in [0.3, 0.4) is 0 Å². The van der Waals surface area contributed by atoms with E-state index in [0.29, 0.717) is 6.04 Å². The molecule has 0 aliphatic carbocycles. The van der Waals surface area contributed by atoms with Crippen LogP contribution in [0, 0.1) is 5.92 Å². The van der Waals surface area contributed by atoms with E-state index in [0.717, 1.165) is 24.7 Å². The van der Waals surface area contributed by atoms with Crippen LogP contribution in [0.15, 0.2) is 24.3 Å². The maximum absolute atomic E-state index is 12.1. The summed E-state index contributed by atoms with van der Waals surface area (Å²) in [4.78, 5) is 19.1. The zero-order chi connectivity index (χ0) is 17.3. The first-order valence-corrected chi connectivity index (χ1v) is 9.35. The molecule has 4 nitrogen and oxygen atoms in total. The van der Waals surface area contributed by atoms with Crippen LogP contribution in [-0.2, 0) is 4.79 Å². The molecule has 24 heavy (non-hydrogen) atoms. The Hall–Kier alpha value is -1.55. The standard InChI is InChI=1S/C20H31N3O/c1-15(2)21-11-9-18(10-12-21)14-22-13-16(3)23(17(4)24)20-8-6-5-7-19(20)22/h5-8,15-16,18H,9-14H2,1-4H3. The summed E-state index contributed by atoms with van der Waals surface area (Å²) in [5.41, 5.74) is 2.29.